The van der Waals surface area contributed by atoms with Crippen molar-refractivity contribution >= 4 is 22.2 Å². The first-order chi connectivity index (χ1) is 7.86. The normalized spacial score (nSPS) is 13.1. The van der Waals surface area contributed by atoms with Crippen LogP contribution in [0.25, 0.3) is 10.9 Å². The molecule has 1 atom stereocenters. The molecule has 3 N–H and O–H groups in total. The van der Waals surface area contributed by atoms with Crippen molar-refractivity contribution in [2.24, 2.45) is 5.73 Å². The fraction of sp³-hybridized carbons (Fsp3) is 0.0769. The van der Waals surface area contributed by atoms with Crippen LogP contribution >= 0.6 is 11.3 Å². The lowest BCUT2D eigenvalue weighted by molar-refractivity contribution is 0.903. The van der Waals surface area contributed by atoms with E-state index in [1.54, 1.807) is 11.3 Å². The number of nitrogens with two attached hydrogens (primary N) is 1. The van der Waals surface area contributed by atoms with Crippen LogP contribution < -0.4 is 5.73 Å². The molecule has 0 amide bonds. The Balaban J connectivity index is 2.12. The molecular formula is C13H12N2S. The number of rotatable bonds is 2. The molecule has 0 saturated carbocycles. The van der Waals surface area contributed by atoms with Crippen molar-refractivity contribution in [2.45, 2.75) is 6.04 Å². The lowest BCUT2D eigenvalue weighted by atomic mass is 10.1. The molecule has 0 bridgehead atoms. The highest BCUT2D eigenvalue weighted by Crippen LogP contribution is 2.29. The molecule has 3 rings (SSSR count). The lowest BCUT2D eigenvalue weighted by Crippen LogP contribution is -2.09. The van der Waals surface area contributed by atoms with Gasteiger partial charge in [-0.3, -0.25) is 0 Å². The van der Waals surface area contributed by atoms with Gasteiger partial charge < -0.3 is 10.7 Å². The molecule has 2 aromatic heterocycles. The van der Waals surface area contributed by atoms with E-state index in [4.69, 9.17) is 5.73 Å². The number of fused-ring (bicyclic) bond motifs is 1. The quantitative estimate of drug-likeness (QED) is 0.694. The molecule has 1 aromatic carbocycles. The molecule has 0 radical (unpaired) electrons. The van der Waals surface area contributed by atoms with Gasteiger partial charge in [0, 0.05) is 22.0 Å². The van der Waals surface area contributed by atoms with Crippen molar-refractivity contribution in [3.8, 4) is 0 Å². The van der Waals surface area contributed by atoms with Crippen molar-refractivity contribution in [3.63, 3.8) is 0 Å². The average Bonchev–Trinajstić information content (AvgIpc) is 2.98. The number of thiophene rings is 1. The van der Waals surface area contributed by atoms with E-state index in [1.807, 2.05) is 24.4 Å². The van der Waals surface area contributed by atoms with Gasteiger partial charge >= 0.3 is 0 Å². The van der Waals surface area contributed by atoms with Crippen LogP contribution in [0.2, 0.25) is 0 Å². The number of H-pyrrole nitrogens is 1. The maximum absolute atomic E-state index is 6.26. The van der Waals surface area contributed by atoms with Crippen LogP contribution in [0.4, 0.5) is 0 Å². The summed E-state index contributed by atoms with van der Waals surface area (Å²) in [6.07, 6.45) is 2.01. The van der Waals surface area contributed by atoms with Crippen LogP contribution in [-0.2, 0) is 0 Å². The van der Waals surface area contributed by atoms with Crippen LogP contribution in [0.5, 0.6) is 0 Å². The Hall–Kier alpha value is -1.58. The predicted octanol–water partition coefficient (Wildman–Crippen LogP) is 3.28. The molecular weight excluding hydrogens is 216 g/mol. The highest BCUT2D eigenvalue weighted by Gasteiger charge is 2.13. The van der Waals surface area contributed by atoms with Crippen molar-refractivity contribution in [1.29, 1.82) is 0 Å². The number of hydrogen-bond donors (Lipinski definition) is 2. The molecule has 0 aliphatic heterocycles. The third kappa shape index (κ3) is 1.45. The maximum atomic E-state index is 6.26. The second-order valence-corrected chi connectivity index (χ2v) is 4.76. The summed E-state index contributed by atoms with van der Waals surface area (Å²) in [6, 6.07) is 12.3. The molecule has 3 heteroatoms. The third-order valence-corrected chi connectivity index (χ3v) is 3.76. The Kier molecular flexibility index (Phi) is 2.27. The van der Waals surface area contributed by atoms with E-state index < -0.39 is 0 Å². The molecule has 2 heterocycles. The van der Waals surface area contributed by atoms with Gasteiger partial charge in [0.25, 0.3) is 0 Å². The van der Waals surface area contributed by atoms with Gasteiger partial charge in [-0.15, -0.1) is 11.3 Å². The number of aromatic nitrogens is 1. The fourth-order valence-corrected chi connectivity index (χ4v) is 2.72. The highest BCUT2D eigenvalue weighted by molar-refractivity contribution is 7.10. The summed E-state index contributed by atoms with van der Waals surface area (Å²) in [5.41, 5.74) is 8.57. The first kappa shape index (κ1) is 9.63. The molecule has 3 aromatic rings. The lowest BCUT2D eigenvalue weighted by Gasteiger charge is -2.07. The summed E-state index contributed by atoms with van der Waals surface area (Å²) in [5, 5.41) is 3.27. The van der Waals surface area contributed by atoms with Gasteiger partial charge in [-0.05, 0) is 23.1 Å². The number of benzene rings is 1. The average molecular weight is 228 g/mol. The minimum absolute atomic E-state index is 0.0313. The third-order valence-electron chi connectivity index (χ3n) is 2.81. The van der Waals surface area contributed by atoms with Crippen molar-refractivity contribution < 1.29 is 0 Å². The summed E-state index contributed by atoms with van der Waals surface area (Å²) < 4.78 is 0. The van der Waals surface area contributed by atoms with Crippen LogP contribution in [0.15, 0.2) is 48.0 Å². The van der Waals surface area contributed by atoms with Crippen LogP contribution in [0.3, 0.4) is 0 Å². The second-order valence-electron chi connectivity index (χ2n) is 3.78. The molecule has 0 saturated heterocycles. The Labute approximate surface area is 97.7 Å². The largest absolute Gasteiger partial charge is 0.361 e. The minimum Gasteiger partial charge on any atom is -0.361 e. The van der Waals surface area contributed by atoms with Gasteiger partial charge in [0.05, 0.1) is 6.04 Å². The van der Waals surface area contributed by atoms with Gasteiger partial charge in [0.15, 0.2) is 0 Å². The van der Waals surface area contributed by atoms with Crippen molar-refractivity contribution in [1.82, 2.24) is 4.98 Å². The van der Waals surface area contributed by atoms with E-state index >= 15 is 0 Å². The summed E-state index contributed by atoms with van der Waals surface area (Å²) in [4.78, 5) is 4.45. The molecule has 80 valence electrons. The Morgan fingerprint density at radius 3 is 2.81 bits per heavy atom. The zero-order valence-electron chi connectivity index (χ0n) is 8.68. The molecule has 0 aliphatic carbocycles. The van der Waals surface area contributed by atoms with Gasteiger partial charge in [0.2, 0.25) is 0 Å². The standard InChI is InChI=1S/C13H12N2S/c14-13(12-6-3-7-16-12)10-8-15-11-5-2-1-4-9(10)11/h1-8,13,15H,14H2/t13-/m0/s1. The SMILES string of the molecule is N[C@H](c1cccs1)c1c[nH]c2ccccc12. The summed E-state index contributed by atoms with van der Waals surface area (Å²) in [7, 11) is 0. The number of hydrogen-bond acceptors (Lipinski definition) is 2. The van der Waals surface area contributed by atoms with Crippen LogP contribution in [0, 0.1) is 0 Å². The molecule has 0 unspecified atom stereocenters. The van der Waals surface area contributed by atoms with Crippen molar-refractivity contribution in [3.05, 3.63) is 58.4 Å². The van der Waals surface area contributed by atoms with E-state index in [0.717, 1.165) is 11.1 Å². The molecule has 0 fully saturated rings. The fourth-order valence-electron chi connectivity index (χ4n) is 1.97. The number of para-hydroxylation sites is 1. The van der Waals surface area contributed by atoms with E-state index in [-0.39, 0.29) is 6.04 Å². The zero-order chi connectivity index (χ0) is 11.0. The van der Waals surface area contributed by atoms with Gasteiger partial charge in [-0.2, -0.15) is 0 Å². The first-order valence-electron chi connectivity index (χ1n) is 5.21. The summed E-state index contributed by atoms with van der Waals surface area (Å²) in [5.74, 6) is 0. The Morgan fingerprint density at radius 1 is 1.12 bits per heavy atom. The zero-order valence-corrected chi connectivity index (χ0v) is 9.50. The predicted molar refractivity (Wildman–Crippen MR) is 68.6 cm³/mol. The first-order valence-corrected chi connectivity index (χ1v) is 6.09. The number of aromatic amines is 1. The topological polar surface area (TPSA) is 41.8 Å². The van der Waals surface area contributed by atoms with Gasteiger partial charge in [-0.25, -0.2) is 0 Å². The van der Waals surface area contributed by atoms with Crippen LogP contribution in [-0.4, -0.2) is 4.98 Å². The van der Waals surface area contributed by atoms with E-state index in [0.29, 0.717) is 0 Å². The van der Waals surface area contributed by atoms with Gasteiger partial charge in [-0.1, -0.05) is 24.3 Å². The molecule has 0 aliphatic rings. The molecule has 16 heavy (non-hydrogen) atoms. The highest BCUT2D eigenvalue weighted by atomic mass is 32.1. The van der Waals surface area contributed by atoms with E-state index in [1.165, 1.54) is 10.3 Å². The smallest absolute Gasteiger partial charge is 0.0667 e. The Morgan fingerprint density at radius 2 is 2.00 bits per heavy atom. The molecule has 0 spiro atoms. The van der Waals surface area contributed by atoms with E-state index in [9.17, 15) is 0 Å². The molecule has 2 nitrogen and oxygen atoms in total. The number of nitrogens with one attached hydrogen (secondary N) is 1. The van der Waals surface area contributed by atoms with Crippen LogP contribution in [0.1, 0.15) is 16.5 Å². The van der Waals surface area contributed by atoms with Crippen molar-refractivity contribution in [2.75, 3.05) is 0 Å². The summed E-state index contributed by atoms with van der Waals surface area (Å²) in [6.45, 7) is 0. The minimum atomic E-state index is -0.0313. The van der Waals surface area contributed by atoms with E-state index in [2.05, 4.69) is 28.6 Å². The summed E-state index contributed by atoms with van der Waals surface area (Å²) >= 11 is 1.70. The Bertz CT molecular complexity index is 595. The monoisotopic (exact) mass is 228 g/mol. The van der Waals surface area contributed by atoms with Gasteiger partial charge in [0.1, 0.15) is 0 Å². The second kappa shape index (κ2) is 3.77. The maximum Gasteiger partial charge on any atom is 0.0667 e.